The normalized spacial score (nSPS) is 10.7. The highest BCUT2D eigenvalue weighted by Crippen LogP contribution is 2.30. The molecule has 0 aliphatic carbocycles. The second-order valence-electron chi connectivity index (χ2n) is 4.60. The van der Waals surface area contributed by atoms with Gasteiger partial charge in [0.1, 0.15) is 11.5 Å². The summed E-state index contributed by atoms with van der Waals surface area (Å²) in [7, 11) is 0. The van der Waals surface area contributed by atoms with E-state index in [-0.39, 0.29) is 6.61 Å². The zero-order valence-electron chi connectivity index (χ0n) is 10.8. The fourth-order valence-electron chi connectivity index (χ4n) is 1.84. The fraction of sp³-hybridized carbons (Fsp3) is 0.250. The first kappa shape index (κ1) is 12.7. The molecule has 18 heavy (non-hydrogen) atoms. The Morgan fingerprint density at radius 1 is 1.00 bits per heavy atom. The van der Waals surface area contributed by atoms with Crippen LogP contribution in [0.15, 0.2) is 48.5 Å². The number of aliphatic hydroxyl groups is 1. The first-order chi connectivity index (χ1) is 8.70. The van der Waals surface area contributed by atoms with Gasteiger partial charge in [-0.2, -0.15) is 0 Å². The third kappa shape index (κ3) is 2.90. The summed E-state index contributed by atoms with van der Waals surface area (Å²) in [5.74, 6) is 2.11. The monoisotopic (exact) mass is 242 g/mol. The smallest absolute Gasteiger partial charge is 0.130 e. The largest absolute Gasteiger partial charge is 0.457 e. The van der Waals surface area contributed by atoms with E-state index in [1.807, 2.05) is 42.5 Å². The van der Waals surface area contributed by atoms with Crippen molar-refractivity contribution in [3.63, 3.8) is 0 Å². The Kier molecular flexibility index (Phi) is 4.00. The van der Waals surface area contributed by atoms with Crippen molar-refractivity contribution in [1.82, 2.24) is 0 Å². The van der Waals surface area contributed by atoms with E-state index in [1.165, 1.54) is 5.56 Å². The summed E-state index contributed by atoms with van der Waals surface area (Å²) in [6, 6.07) is 15.6. The molecule has 0 bridgehead atoms. The third-order valence-electron chi connectivity index (χ3n) is 2.87. The molecule has 0 heterocycles. The minimum atomic E-state index is 0.0584. The van der Waals surface area contributed by atoms with Gasteiger partial charge in [-0.1, -0.05) is 44.2 Å². The maximum Gasteiger partial charge on any atom is 0.130 e. The number of rotatable bonds is 4. The van der Waals surface area contributed by atoms with E-state index in [0.29, 0.717) is 5.92 Å². The summed E-state index contributed by atoms with van der Waals surface area (Å²) in [4.78, 5) is 0. The molecule has 2 heteroatoms. The van der Waals surface area contributed by atoms with E-state index in [4.69, 9.17) is 9.84 Å². The number of para-hydroxylation sites is 1. The lowest BCUT2D eigenvalue weighted by Crippen LogP contribution is -1.93. The predicted molar refractivity (Wildman–Crippen MR) is 73.0 cm³/mol. The van der Waals surface area contributed by atoms with E-state index in [9.17, 15) is 0 Å². The summed E-state index contributed by atoms with van der Waals surface area (Å²) in [6.45, 7) is 4.36. The minimum absolute atomic E-state index is 0.0584. The van der Waals surface area contributed by atoms with Gasteiger partial charge in [0.15, 0.2) is 0 Å². The topological polar surface area (TPSA) is 29.5 Å². The molecule has 2 rings (SSSR count). The molecule has 2 nitrogen and oxygen atoms in total. The van der Waals surface area contributed by atoms with Crippen LogP contribution in [0.25, 0.3) is 0 Å². The molecule has 0 aromatic heterocycles. The van der Waals surface area contributed by atoms with Crippen LogP contribution >= 0.6 is 0 Å². The first-order valence-corrected chi connectivity index (χ1v) is 6.17. The third-order valence-corrected chi connectivity index (χ3v) is 2.87. The van der Waals surface area contributed by atoms with Gasteiger partial charge in [-0.3, -0.25) is 0 Å². The van der Waals surface area contributed by atoms with Gasteiger partial charge >= 0.3 is 0 Å². The molecule has 0 radical (unpaired) electrons. The summed E-state index contributed by atoms with van der Waals surface area (Å²) < 4.78 is 5.89. The molecule has 0 saturated carbocycles. The van der Waals surface area contributed by atoms with Crippen LogP contribution in [0.3, 0.4) is 0 Å². The Balaban J connectivity index is 2.22. The van der Waals surface area contributed by atoms with Crippen molar-refractivity contribution in [2.75, 3.05) is 0 Å². The van der Waals surface area contributed by atoms with Crippen LogP contribution in [0, 0.1) is 0 Å². The molecular formula is C16H18O2. The Bertz CT molecular complexity index is 501. The maximum absolute atomic E-state index is 8.99. The number of hydrogen-bond acceptors (Lipinski definition) is 2. The van der Waals surface area contributed by atoms with E-state index in [2.05, 4.69) is 19.9 Å². The molecular weight excluding hydrogens is 224 g/mol. The van der Waals surface area contributed by atoms with Crippen LogP contribution < -0.4 is 4.74 Å². The van der Waals surface area contributed by atoms with E-state index in [0.717, 1.165) is 17.1 Å². The molecule has 2 aromatic rings. The highest BCUT2D eigenvalue weighted by molar-refractivity contribution is 5.40. The second-order valence-corrected chi connectivity index (χ2v) is 4.60. The minimum Gasteiger partial charge on any atom is -0.457 e. The molecule has 0 saturated heterocycles. The molecule has 2 aromatic carbocycles. The van der Waals surface area contributed by atoms with Crippen molar-refractivity contribution >= 4 is 0 Å². The van der Waals surface area contributed by atoms with Crippen LogP contribution in [-0.4, -0.2) is 5.11 Å². The fourth-order valence-corrected chi connectivity index (χ4v) is 1.84. The van der Waals surface area contributed by atoms with Crippen molar-refractivity contribution in [3.05, 3.63) is 59.7 Å². The average molecular weight is 242 g/mol. The van der Waals surface area contributed by atoms with Gasteiger partial charge in [-0.15, -0.1) is 0 Å². The Hall–Kier alpha value is -1.80. The Labute approximate surface area is 108 Å². The van der Waals surface area contributed by atoms with Crippen molar-refractivity contribution in [2.45, 2.75) is 26.4 Å². The number of benzene rings is 2. The molecule has 0 unspecified atom stereocenters. The zero-order valence-corrected chi connectivity index (χ0v) is 10.8. The van der Waals surface area contributed by atoms with Crippen molar-refractivity contribution in [3.8, 4) is 11.5 Å². The Morgan fingerprint density at radius 3 is 2.28 bits per heavy atom. The van der Waals surface area contributed by atoms with Gasteiger partial charge in [0.25, 0.3) is 0 Å². The number of hydrogen-bond donors (Lipinski definition) is 1. The van der Waals surface area contributed by atoms with Crippen LogP contribution in [0.1, 0.15) is 30.9 Å². The summed E-state index contributed by atoms with van der Waals surface area (Å²) >= 11 is 0. The highest BCUT2D eigenvalue weighted by Gasteiger charge is 2.07. The first-order valence-electron chi connectivity index (χ1n) is 6.17. The summed E-state index contributed by atoms with van der Waals surface area (Å²) in [6.07, 6.45) is 0. The predicted octanol–water partition coefficient (Wildman–Crippen LogP) is 4.09. The maximum atomic E-state index is 8.99. The number of aliphatic hydroxyl groups excluding tert-OH is 1. The molecule has 0 aliphatic heterocycles. The molecule has 0 spiro atoms. The lowest BCUT2D eigenvalue weighted by molar-refractivity contribution is 0.281. The van der Waals surface area contributed by atoms with Gasteiger partial charge in [0.05, 0.1) is 6.61 Å². The van der Waals surface area contributed by atoms with Gasteiger partial charge in [-0.25, -0.2) is 0 Å². The van der Waals surface area contributed by atoms with Crippen molar-refractivity contribution < 1.29 is 9.84 Å². The SMILES string of the molecule is CC(C)c1ccccc1Oc1ccc(CO)cc1. The lowest BCUT2D eigenvalue weighted by atomic mass is 10.0. The standard InChI is InChI=1S/C16H18O2/c1-12(2)15-5-3-4-6-16(15)18-14-9-7-13(11-17)8-10-14/h3-10,12,17H,11H2,1-2H3. The van der Waals surface area contributed by atoms with E-state index >= 15 is 0 Å². The van der Waals surface area contributed by atoms with E-state index in [1.54, 1.807) is 0 Å². The van der Waals surface area contributed by atoms with Crippen molar-refractivity contribution in [2.24, 2.45) is 0 Å². The second kappa shape index (κ2) is 5.69. The van der Waals surface area contributed by atoms with Crippen LogP contribution in [0.5, 0.6) is 11.5 Å². The molecule has 0 aliphatic rings. The molecule has 1 N–H and O–H groups in total. The average Bonchev–Trinajstić information content (AvgIpc) is 2.40. The molecule has 94 valence electrons. The highest BCUT2D eigenvalue weighted by atomic mass is 16.5. The molecule has 0 amide bonds. The van der Waals surface area contributed by atoms with Crippen LogP contribution in [0.4, 0.5) is 0 Å². The lowest BCUT2D eigenvalue weighted by Gasteiger charge is -2.13. The summed E-state index contributed by atoms with van der Waals surface area (Å²) in [5.41, 5.74) is 2.09. The van der Waals surface area contributed by atoms with Crippen LogP contribution in [0.2, 0.25) is 0 Å². The quantitative estimate of drug-likeness (QED) is 0.874. The number of ether oxygens (including phenoxy) is 1. The summed E-state index contributed by atoms with van der Waals surface area (Å²) in [5, 5.41) is 8.99. The van der Waals surface area contributed by atoms with Gasteiger partial charge in [-0.05, 0) is 35.2 Å². The van der Waals surface area contributed by atoms with Crippen molar-refractivity contribution in [1.29, 1.82) is 0 Å². The molecule has 0 atom stereocenters. The Morgan fingerprint density at radius 2 is 1.67 bits per heavy atom. The van der Waals surface area contributed by atoms with Gasteiger partial charge in [0.2, 0.25) is 0 Å². The van der Waals surface area contributed by atoms with Gasteiger partial charge in [0, 0.05) is 0 Å². The van der Waals surface area contributed by atoms with Gasteiger partial charge < -0.3 is 9.84 Å². The van der Waals surface area contributed by atoms with E-state index < -0.39 is 0 Å². The zero-order chi connectivity index (χ0) is 13.0. The van der Waals surface area contributed by atoms with Crippen LogP contribution in [-0.2, 0) is 6.61 Å². The molecule has 0 fully saturated rings.